The maximum Gasteiger partial charge on any atom is 0.230 e. The number of amides is 1. The van der Waals surface area contributed by atoms with Crippen LogP contribution in [-0.4, -0.2) is 34.9 Å². The van der Waals surface area contributed by atoms with Gasteiger partial charge in [-0.05, 0) is 18.8 Å². The van der Waals surface area contributed by atoms with Crippen molar-refractivity contribution in [3.63, 3.8) is 0 Å². The molecule has 1 unspecified atom stereocenters. The number of hydrogen-bond acceptors (Lipinski definition) is 3. The third kappa shape index (κ3) is 2.90. The van der Waals surface area contributed by atoms with Crippen LogP contribution in [0.1, 0.15) is 26.2 Å². The van der Waals surface area contributed by atoms with E-state index in [1.165, 1.54) is 6.42 Å². The van der Waals surface area contributed by atoms with Crippen molar-refractivity contribution >= 4 is 11.7 Å². The van der Waals surface area contributed by atoms with Gasteiger partial charge in [0.2, 0.25) is 5.91 Å². The Kier molecular flexibility index (Phi) is 3.73. The molecule has 1 atom stereocenters. The summed E-state index contributed by atoms with van der Waals surface area (Å²) in [5, 5.41) is 11.1. The lowest BCUT2D eigenvalue weighted by Gasteiger charge is -2.30. The average Bonchev–Trinajstić information content (AvgIpc) is 2.17. The summed E-state index contributed by atoms with van der Waals surface area (Å²) in [5.41, 5.74) is 5.27. The van der Waals surface area contributed by atoms with Gasteiger partial charge < -0.3 is 15.8 Å². The van der Waals surface area contributed by atoms with E-state index < -0.39 is 0 Å². The van der Waals surface area contributed by atoms with E-state index in [1.807, 2.05) is 0 Å². The van der Waals surface area contributed by atoms with E-state index in [0.717, 1.165) is 19.5 Å². The number of carbonyl (C=O) groups excluding carboxylic acids is 1. The summed E-state index contributed by atoms with van der Waals surface area (Å²) < 4.78 is 0. The Morgan fingerprint density at radius 3 is 3.00 bits per heavy atom. The molecule has 0 saturated carbocycles. The Balaban J connectivity index is 2.44. The fourth-order valence-electron chi connectivity index (χ4n) is 1.72. The molecular formula is C9H17N3O2. The first-order valence-corrected chi connectivity index (χ1v) is 4.87. The molecular weight excluding hydrogens is 182 g/mol. The van der Waals surface area contributed by atoms with Gasteiger partial charge in [0.1, 0.15) is 5.84 Å². The topological polar surface area (TPSA) is 78.9 Å². The zero-order valence-electron chi connectivity index (χ0n) is 8.44. The minimum atomic E-state index is -0.0492. The molecule has 0 aliphatic carbocycles. The molecule has 5 heteroatoms. The molecule has 0 radical (unpaired) electrons. The molecule has 0 spiro atoms. The Morgan fingerprint density at radius 1 is 1.71 bits per heavy atom. The zero-order chi connectivity index (χ0) is 10.6. The highest BCUT2D eigenvalue weighted by molar-refractivity contribution is 5.98. The molecule has 3 N–H and O–H groups in total. The summed E-state index contributed by atoms with van der Waals surface area (Å²) in [6.45, 7) is 3.71. The molecule has 1 heterocycles. The molecule has 80 valence electrons. The van der Waals surface area contributed by atoms with Crippen LogP contribution in [0, 0.1) is 5.92 Å². The van der Waals surface area contributed by atoms with E-state index in [2.05, 4.69) is 12.1 Å². The quantitative estimate of drug-likeness (QED) is 0.292. The molecule has 5 nitrogen and oxygen atoms in total. The molecule has 1 fully saturated rings. The maximum absolute atomic E-state index is 11.6. The van der Waals surface area contributed by atoms with Crippen molar-refractivity contribution in [3.8, 4) is 0 Å². The van der Waals surface area contributed by atoms with E-state index in [4.69, 9.17) is 10.9 Å². The van der Waals surface area contributed by atoms with Crippen LogP contribution in [0.2, 0.25) is 0 Å². The van der Waals surface area contributed by atoms with Crippen LogP contribution in [0.3, 0.4) is 0 Å². The molecule has 0 aromatic heterocycles. The van der Waals surface area contributed by atoms with Crippen molar-refractivity contribution < 1.29 is 10.0 Å². The number of likely N-dealkylation sites (tertiary alicyclic amines) is 1. The number of piperidine rings is 1. The molecule has 0 aromatic rings. The van der Waals surface area contributed by atoms with Gasteiger partial charge in [0.05, 0.1) is 6.42 Å². The van der Waals surface area contributed by atoms with Crippen LogP contribution in [0.4, 0.5) is 0 Å². The SMILES string of the molecule is CC1CCCN(C(=O)C/C(N)=N/O)C1. The van der Waals surface area contributed by atoms with Crippen LogP contribution in [0.15, 0.2) is 5.16 Å². The van der Waals surface area contributed by atoms with Gasteiger partial charge in [-0.2, -0.15) is 0 Å². The molecule has 1 saturated heterocycles. The van der Waals surface area contributed by atoms with Crippen molar-refractivity contribution in [2.24, 2.45) is 16.8 Å². The van der Waals surface area contributed by atoms with E-state index >= 15 is 0 Å². The summed E-state index contributed by atoms with van der Waals surface area (Å²) in [7, 11) is 0. The summed E-state index contributed by atoms with van der Waals surface area (Å²) in [4.78, 5) is 13.4. The first-order chi connectivity index (χ1) is 6.63. The molecule has 1 amide bonds. The largest absolute Gasteiger partial charge is 0.409 e. The van der Waals surface area contributed by atoms with E-state index in [9.17, 15) is 4.79 Å². The third-order valence-corrected chi connectivity index (χ3v) is 2.47. The Hall–Kier alpha value is -1.26. The van der Waals surface area contributed by atoms with Crippen LogP contribution >= 0.6 is 0 Å². The number of nitrogens with zero attached hydrogens (tertiary/aromatic N) is 2. The van der Waals surface area contributed by atoms with Crippen molar-refractivity contribution in [1.82, 2.24) is 4.90 Å². The first kappa shape index (κ1) is 10.8. The lowest BCUT2D eigenvalue weighted by molar-refractivity contribution is -0.131. The second-order valence-electron chi connectivity index (χ2n) is 3.86. The fourth-order valence-corrected chi connectivity index (χ4v) is 1.72. The number of amidine groups is 1. The second kappa shape index (κ2) is 4.83. The van der Waals surface area contributed by atoms with Crippen molar-refractivity contribution in [3.05, 3.63) is 0 Å². The van der Waals surface area contributed by atoms with Crippen molar-refractivity contribution in [1.29, 1.82) is 0 Å². The third-order valence-electron chi connectivity index (χ3n) is 2.47. The van der Waals surface area contributed by atoms with E-state index in [-0.39, 0.29) is 18.2 Å². The monoisotopic (exact) mass is 199 g/mol. The highest BCUT2D eigenvalue weighted by atomic mass is 16.4. The summed E-state index contributed by atoms with van der Waals surface area (Å²) in [5.74, 6) is 0.486. The van der Waals surface area contributed by atoms with E-state index in [1.54, 1.807) is 4.90 Å². The van der Waals surface area contributed by atoms with Gasteiger partial charge in [-0.25, -0.2) is 0 Å². The number of carbonyl (C=O) groups is 1. The molecule has 1 rings (SSSR count). The predicted molar refractivity (Wildman–Crippen MR) is 53.0 cm³/mol. The van der Waals surface area contributed by atoms with Gasteiger partial charge >= 0.3 is 0 Å². The summed E-state index contributed by atoms with van der Waals surface area (Å²) in [6.07, 6.45) is 2.24. The van der Waals surface area contributed by atoms with Gasteiger partial charge in [0.25, 0.3) is 0 Å². The van der Waals surface area contributed by atoms with Crippen molar-refractivity contribution in [2.75, 3.05) is 13.1 Å². The van der Waals surface area contributed by atoms with Crippen LogP contribution in [-0.2, 0) is 4.79 Å². The van der Waals surface area contributed by atoms with Gasteiger partial charge in [-0.1, -0.05) is 12.1 Å². The lowest BCUT2D eigenvalue weighted by Crippen LogP contribution is -2.40. The molecule has 14 heavy (non-hydrogen) atoms. The van der Waals surface area contributed by atoms with Gasteiger partial charge in [-0.3, -0.25) is 4.79 Å². The normalized spacial score (nSPS) is 23.6. The molecule has 0 bridgehead atoms. The van der Waals surface area contributed by atoms with Gasteiger partial charge in [0, 0.05) is 13.1 Å². The number of oxime groups is 1. The Bertz CT molecular complexity index is 240. The fraction of sp³-hybridized carbons (Fsp3) is 0.778. The van der Waals surface area contributed by atoms with Crippen LogP contribution in [0.5, 0.6) is 0 Å². The minimum Gasteiger partial charge on any atom is -0.409 e. The van der Waals surface area contributed by atoms with E-state index in [0.29, 0.717) is 5.92 Å². The number of nitrogens with two attached hydrogens (primary N) is 1. The standard InChI is InChI=1S/C9H17N3O2/c1-7-3-2-4-12(6-7)9(13)5-8(10)11-14/h7,14H,2-6H2,1H3,(H2,10,11). The predicted octanol–water partition coefficient (Wildman–Crippen LogP) is 0.381. The minimum absolute atomic E-state index is 0.0171. The number of rotatable bonds is 2. The number of hydrogen-bond donors (Lipinski definition) is 2. The second-order valence-corrected chi connectivity index (χ2v) is 3.86. The zero-order valence-corrected chi connectivity index (χ0v) is 8.44. The average molecular weight is 199 g/mol. The summed E-state index contributed by atoms with van der Waals surface area (Å²) >= 11 is 0. The molecule has 1 aliphatic rings. The lowest BCUT2D eigenvalue weighted by atomic mass is 10.00. The maximum atomic E-state index is 11.6. The van der Waals surface area contributed by atoms with Gasteiger partial charge in [0.15, 0.2) is 0 Å². The van der Waals surface area contributed by atoms with Crippen LogP contribution in [0.25, 0.3) is 0 Å². The smallest absolute Gasteiger partial charge is 0.230 e. The summed E-state index contributed by atoms with van der Waals surface area (Å²) in [6, 6.07) is 0. The Morgan fingerprint density at radius 2 is 2.43 bits per heavy atom. The molecule has 1 aliphatic heterocycles. The highest BCUT2D eigenvalue weighted by Gasteiger charge is 2.21. The first-order valence-electron chi connectivity index (χ1n) is 4.87. The van der Waals surface area contributed by atoms with Crippen LogP contribution < -0.4 is 5.73 Å². The molecule has 0 aromatic carbocycles. The van der Waals surface area contributed by atoms with Gasteiger partial charge in [-0.15, -0.1) is 0 Å². The highest BCUT2D eigenvalue weighted by Crippen LogP contribution is 2.15. The Labute approximate surface area is 83.6 Å². The van der Waals surface area contributed by atoms with Crippen molar-refractivity contribution in [2.45, 2.75) is 26.2 Å².